The quantitative estimate of drug-likeness (QED) is 0.612. The fraction of sp³-hybridized carbons (Fsp3) is 1.00. The molecule has 0 aromatic rings. The Kier molecular flexibility index (Phi) is 3.26. The fourth-order valence-corrected chi connectivity index (χ4v) is 2.99. The van der Waals surface area contributed by atoms with E-state index in [1.807, 2.05) is 27.7 Å². The van der Waals surface area contributed by atoms with E-state index in [0.29, 0.717) is 6.54 Å². The van der Waals surface area contributed by atoms with Crippen LogP contribution in [0.25, 0.3) is 5.53 Å². The first kappa shape index (κ1) is 14.2. The van der Waals surface area contributed by atoms with Gasteiger partial charge < -0.3 is 34.6 Å². The summed E-state index contributed by atoms with van der Waals surface area (Å²) in [5.41, 5.74) is 11.0. The number of hydrogen-bond acceptors (Lipinski definition) is 6. The Bertz CT molecular complexity index is 403. The van der Waals surface area contributed by atoms with Crippen LogP contribution in [-0.4, -0.2) is 48.8 Å². The standard InChI is InChI=1S/C12H20N3O5/c1-11(2)17-7-6(5-14-15-13)16-10-9(8(7)18-11)19-12(3,4)20-10/h6-10H,5H2,1-4H3,(H-,13,14)/q-1/t6-,7-,8-,9-,10+/m1/s1. The number of nitrogens with one attached hydrogen (secondary N) is 1. The summed E-state index contributed by atoms with van der Waals surface area (Å²) in [7, 11) is 0. The molecule has 3 aliphatic heterocycles. The third-order valence-electron chi connectivity index (χ3n) is 3.61. The van der Waals surface area contributed by atoms with Gasteiger partial charge in [-0.15, -0.1) is 0 Å². The molecule has 0 unspecified atom stereocenters. The summed E-state index contributed by atoms with van der Waals surface area (Å²) in [6.07, 6.45) is -1.79. The van der Waals surface area contributed by atoms with Crippen molar-refractivity contribution in [3.8, 4) is 0 Å². The molecule has 3 saturated heterocycles. The molecule has 114 valence electrons. The maximum Gasteiger partial charge on any atom is 0.190 e. The highest BCUT2D eigenvalue weighted by molar-refractivity contribution is 5.00. The van der Waals surface area contributed by atoms with E-state index in [-0.39, 0.29) is 24.4 Å². The second-order valence-electron chi connectivity index (χ2n) is 6.17. The van der Waals surface area contributed by atoms with Gasteiger partial charge in [0.1, 0.15) is 18.3 Å². The molecule has 1 N–H and O–H groups in total. The SMILES string of the molecule is CC1(C)O[C@@H]2O[C@H](CNN=[N-])[C@H]3OC(C)(C)O[C@H]3[C@H]2O1. The number of fused-ring (bicyclic) bond motifs is 3. The van der Waals surface area contributed by atoms with Gasteiger partial charge in [-0.2, -0.15) is 0 Å². The van der Waals surface area contributed by atoms with Crippen molar-refractivity contribution < 1.29 is 23.7 Å². The monoisotopic (exact) mass is 286 g/mol. The molecule has 5 atom stereocenters. The van der Waals surface area contributed by atoms with Crippen LogP contribution < -0.4 is 5.43 Å². The number of ether oxygens (including phenoxy) is 5. The van der Waals surface area contributed by atoms with Crippen molar-refractivity contribution >= 4 is 0 Å². The van der Waals surface area contributed by atoms with Crippen LogP contribution in [0.5, 0.6) is 0 Å². The zero-order valence-corrected chi connectivity index (χ0v) is 12.0. The molecule has 0 aromatic heterocycles. The van der Waals surface area contributed by atoms with Gasteiger partial charge in [-0.1, -0.05) is 0 Å². The summed E-state index contributed by atoms with van der Waals surface area (Å²) >= 11 is 0. The van der Waals surface area contributed by atoms with E-state index in [4.69, 9.17) is 29.2 Å². The number of hydrogen-bond donors (Lipinski definition) is 1. The normalized spacial score (nSPS) is 44.7. The average molecular weight is 286 g/mol. The van der Waals surface area contributed by atoms with Crippen molar-refractivity contribution in [3.63, 3.8) is 0 Å². The maximum absolute atomic E-state index is 8.54. The summed E-state index contributed by atoms with van der Waals surface area (Å²) in [5.74, 6) is -1.43. The minimum Gasteiger partial charge on any atom is -0.411 e. The smallest absolute Gasteiger partial charge is 0.190 e. The van der Waals surface area contributed by atoms with Crippen LogP contribution >= 0.6 is 0 Å². The summed E-state index contributed by atoms with van der Waals surface area (Å²) in [5, 5.41) is 2.90. The van der Waals surface area contributed by atoms with E-state index in [0.717, 1.165) is 0 Å². The minimum atomic E-state index is -0.723. The molecule has 0 saturated carbocycles. The highest BCUT2D eigenvalue weighted by Crippen LogP contribution is 2.43. The Balaban J connectivity index is 1.82. The van der Waals surface area contributed by atoms with Crippen molar-refractivity contribution in [1.29, 1.82) is 0 Å². The second-order valence-corrected chi connectivity index (χ2v) is 6.17. The molecule has 3 aliphatic rings. The van der Waals surface area contributed by atoms with Crippen LogP contribution in [0, 0.1) is 0 Å². The summed E-state index contributed by atoms with van der Waals surface area (Å²) < 4.78 is 29.3. The van der Waals surface area contributed by atoms with Crippen LogP contribution in [0.2, 0.25) is 0 Å². The summed E-state index contributed by atoms with van der Waals surface area (Å²) in [6, 6.07) is 0. The minimum absolute atomic E-state index is 0.281. The first-order valence-electron chi connectivity index (χ1n) is 6.75. The van der Waals surface area contributed by atoms with E-state index in [9.17, 15) is 0 Å². The summed E-state index contributed by atoms with van der Waals surface area (Å²) in [6.45, 7) is 7.66. The third-order valence-corrected chi connectivity index (χ3v) is 3.61. The molecular formula is C12H20N3O5-. The van der Waals surface area contributed by atoms with Crippen molar-refractivity contribution in [1.82, 2.24) is 5.43 Å². The van der Waals surface area contributed by atoms with Gasteiger partial charge in [0.05, 0.1) is 6.10 Å². The lowest BCUT2D eigenvalue weighted by Crippen LogP contribution is -2.57. The predicted octanol–water partition coefficient (Wildman–Crippen LogP) is 0.909. The van der Waals surface area contributed by atoms with Gasteiger partial charge in [0, 0.05) is 0 Å². The number of nitrogens with zero attached hydrogens (tertiary/aromatic N) is 2. The van der Waals surface area contributed by atoms with Crippen molar-refractivity contribution in [2.75, 3.05) is 6.54 Å². The van der Waals surface area contributed by atoms with E-state index < -0.39 is 17.9 Å². The lowest BCUT2D eigenvalue weighted by molar-refractivity contribution is -0.232. The highest BCUT2D eigenvalue weighted by atomic mass is 16.9. The molecule has 0 bridgehead atoms. The fourth-order valence-electron chi connectivity index (χ4n) is 2.99. The first-order valence-corrected chi connectivity index (χ1v) is 6.75. The topological polar surface area (TPSA) is 92.8 Å². The molecule has 20 heavy (non-hydrogen) atoms. The average Bonchev–Trinajstić information content (AvgIpc) is 2.80. The van der Waals surface area contributed by atoms with E-state index in [2.05, 4.69) is 10.6 Å². The molecule has 8 nitrogen and oxygen atoms in total. The van der Waals surface area contributed by atoms with Gasteiger partial charge in [0.15, 0.2) is 17.9 Å². The van der Waals surface area contributed by atoms with Crippen molar-refractivity contribution in [2.24, 2.45) is 5.22 Å². The van der Waals surface area contributed by atoms with E-state index >= 15 is 0 Å². The molecule has 3 rings (SSSR count). The summed E-state index contributed by atoms with van der Waals surface area (Å²) in [4.78, 5) is 0. The first-order chi connectivity index (χ1) is 9.31. The van der Waals surface area contributed by atoms with Crippen molar-refractivity contribution in [3.05, 3.63) is 5.53 Å². The largest absolute Gasteiger partial charge is 0.411 e. The zero-order valence-electron chi connectivity index (χ0n) is 12.0. The highest BCUT2D eigenvalue weighted by Gasteiger charge is 2.60. The van der Waals surface area contributed by atoms with Crippen LogP contribution in [0.1, 0.15) is 27.7 Å². The molecule has 0 amide bonds. The van der Waals surface area contributed by atoms with Gasteiger partial charge in [-0.25, -0.2) is 0 Å². The molecule has 3 fully saturated rings. The van der Waals surface area contributed by atoms with Crippen LogP contribution in [-0.2, 0) is 23.7 Å². The van der Waals surface area contributed by atoms with Crippen LogP contribution in [0.15, 0.2) is 5.22 Å². The Labute approximate surface area is 117 Å². The molecule has 0 aliphatic carbocycles. The van der Waals surface area contributed by atoms with Crippen LogP contribution in [0.3, 0.4) is 0 Å². The Morgan fingerprint density at radius 1 is 0.950 bits per heavy atom. The molecule has 8 heteroatoms. The zero-order chi connectivity index (χ0) is 14.5. The van der Waals surface area contributed by atoms with E-state index in [1.165, 1.54) is 0 Å². The molecule has 0 aromatic carbocycles. The van der Waals surface area contributed by atoms with Gasteiger partial charge >= 0.3 is 0 Å². The molecule has 3 heterocycles. The van der Waals surface area contributed by atoms with Gasteiger partial charge in [0.2, 0.25) is 0 Å². The van der Waals surface area contributed by atoms with Crippen molar-refractivity contribution in [2.45, 2.75) is 70.0 Å². The predicted molar refractivity (Wildman–Crippen MR) is 66.3 cm³/mol. The molecular weight excluding hydrogens is 266 g/mol. The second kappa shape index (κ2) is 4.60. The maximum atomic E-state index is 8.54. The third kappa shape index (κ3) is 2.42. The van der Waals surface area contributed by atoms with Gasteiger partial charge in [-0.05, 0) is 34.2 Å². The lowest BCUT2D eigenvalue weighted by atomic mass is 9.99. The van der Waals surface area contributed by atoms with Crippen LogP contribution in [0.4, 0.5) is 0 Å². The molecule has 0 radical (unpaired) electrons. The number of rotatable bonds is 3. The van der Waals surface area contributed by atoms with E-state index in [1.54, 1.807) is 0 Å². The van der Waals surface area contributed by atoms with Gasteiger partial charge in [0.25, 0.3) is 0 Å². The lowest BCUT2D eigenvalue weighted by Gasteiger charge is -2.38. The Morgan fingerprint density at radius 3 is 2.25 bits per heavy atom. The molecule has 0 spiro atoms. The Morgan fingerprint density at radius 2 is 1.55 bits per heavy atom. The Hall–Kier alpha value is -0.800. The van der Waals surface area contributed by atoms with Gasteiger partial charge in [-0.3, -0.25) is 5.22 Å².